The van der Waals surface area contributed by atoms with E-state index in [1.807, 2.05) is 30.3 Å². The van der Waals surface area contributed by atoms with Crippen LogP contribution in [0.3, 0.4) is 0 Å². The Kier molecular flexibility index (Phi) is 4.35. The van der Waals surface area contributed by atoms with Gasteiger partial charge in [-0.15, -0.1) is 0 Å². The third-order valence-electron chi connectivity index (χ3n) is 3.01. The van der Waals surface area contributed by atoms with E-state index >= 15 is 0 Å². The SMILES string of the molecule is COCC(C)Nc1ccc(C(N)=S)c2ccccc12. The van der Waals surface area contributed by atoms with Crippen LogP contribution in [0, 0.1) is 0 Å². The number of ether oxygens (including phenoxy) is 1. The molecule has 19 heavy (non-hydrogen) atoms. The van der Waals surface area contributed by atoms with Gasteiger partial charge in [-0.3, -0.25) is 0 Å². The lowest BCUT2D eigenvalue weighted by Gasteiger charge is -2.17. The number of benzene rings is 2. The van der Waals surface area contributed by atoms with Gasteiger partial charge in [0.25, 0.3) is 0 Å². The van der Waals surface area contributed by atoms with Crippen molar-refractivity contribution in [3.63, 3.8) is 0 Å². The molecule has 0 aliphatic rings. The predicted molar refractivity (Wildman–Crippen MR) is 84.8 cm³/mol. The van der Waals surface area contributed by atoms with Gasteiger partial charge in [0.05, 0.1) is 6.61 Å². The van der Waals surface area contributed by atoms with Gasteiger partial charge < -0.3 is 15.8 Å². The zero-order valence-corrected chi connectivity index (χ0v) is 12.0. The number of methoxy groups -OCH3 is 1. The lowest BCUT2D eigenvalue weighted by Crippen LogP contribution is -2.21. The number of hydrogen-bond donors (Lipinski definition) is 2. The fourth-order valence-corrected chi connectivity index (χ4v) is 2.37. The highest BCUT2D eigenvalue weighted by atomic mass is 32.1. The molecule has 0 aliphatic heterocycles. The Balaban J connectivity index is 2.46. The minimum atomic E-state index is 0.240. The third kappa shape index (κ3) is 3.03. The largest absolute Gasteiger partial charge is 0.389 e. The maximum atomic E-state index is 5.77. The van der Waals surface area contributed by atoms with Gasteiger partial charge in [0.1, 0.15) is 4.99 Å². The quantitative estimate of drug-likeness (QED) is 0.823. The molecule has 0 aliphatic carbocycles. The molecule has 0 bridgehead atoms. The highest BCUT2D eigenvalue weighted by Gasteiger charge is 2.09. The summed E-state index contributed by atoms with van der Waals surface area (Å²) < 4.78 is 5.15. The smallest absolute Gasteiger partial charge is 0.104 e. The van der Waals surface area contributed by atoms with Crippen LogP contribution in [0.4, 0.5) is 5.69 Å². The van der Waals surface area contributed by atoms with Crippen LogP contribution >= 0.6 is 12.2 Å². The van der Waals surface area contributed by atoms with E-state index in [4.69, 9.17) is 22.7 Å². The van der Waals surface area contributed by atoms with E-state index in [2.05, 4.69) is 18.3 Å². The minimum Gasteiger partial charge on any atom is -0.389 e. The first-order valence-corrected chi connectivity index (χ1v) is 6.61. The van der Waals surface area contributed by atoms with Crippen molar-refractivity contribution >= 4 is 33.7 Å². The van der Waals surface area contributed by atoms with Crippen molar-refractivity contribution in [3.05, 3.63) is 42.0 Å². The molecule has 0 fully saturated rings. The normalized spacial score (nSPS) is 12.3. The van der Waals surface area contributed by atoms with E-state index < -0.39 is 0 Å². The van der Waals surface area contributed by atoms with Crippen molar-refractivity contribution in [2.45, 2.75) is 13.0 Å². The van der Waals surface area contributed by atoms with Crippen molar-refractivity contribution in [1.29, 1.82) is 0 Å². The van der Waals surface area contributed by atoms with E-state index in [1.54, 1.807) is 7.11 Å². The monoisotopic (exact) mass is 274 g/mol. The Morgan fingerprint density at radius 2 is 1.95 bits per heavy atom. The van der Waals surface area contributed by atoms with Crippen LogP contribution in [-0.4, -0.2) is 24.7 Å². The number of rotatable bonds is 5. The van der Waals surface area contributed by atoms with Gasteiger partial charge in [0, 0.05) is 29.8 Å². The highest BCUT2D eigenvalue weighted by Crippen LogP contribution is 2.27. The van der Waals surface area contributed by atoms with Crippen molar-refractivity contribution in [1.82, 2.24) is 0 Å². The summed E-state index contributed by atoms with van der Waals surface area (Å²) in [6.07, 6.45) is 0. The van der Waals surface area contributed by atoms with Gasteiger partial charge in [-0.2, -0.15) is 0 Å². The number of thiocarbonyl (C=S) groups is 1. The molecule has 0 amide bonds. The van der Waals surface area contributed by atoms with Gasteiger partial charge in [-0.25, -0.2) is 0 Å². The molecule has 1 atom stereocenters. The Morgan fingerprint density at radius 1 is 1.26 bits per heavy atom. The van der Waals surface area contributed by atoms with E-state index in [-0.39, 0.29) is 6.04 Å². The van der Waals surface area contributed by atoms with E-state index in [9.17, 15) is 0 Å². The topological polar surface area (TPSA) is 47.3 Å². The Hall–Kier alpha value is -1.65. The Bertz CT molecular complexity index is 598. The van der Waals surface area contributed by atoms with Crippen LogP contribution in [0.25, 0.3) is 10.8 Å². The Labute approximate surface area is 118 Å². The van der Waals surface area contributed by atoms with Crippen LogP contribution in [-0.2, 0) is 4.74 Å². The first-order chi connectivity index (χ1) is 9.13. The first kappa shape index (κ1) is 13.8. The van der Waals surface area contributed by atoms with E-state index in [1.165, 1.54) is 0 Å². The predicted octanol–water partition coefficient (Wildman–Crippen LogP) is 2.92. The van der Waals surface area contributed by atoms with Crippen molar-refractivity contribution in [2.75, 3.05) is 19.0 Å². The molecule has 3 nitrogen and oxygen atoms in total. The minimum absolute atomic E-state index is 0.240. The molecular weight excluding hydrogens is 256 g/mol. The molecule has 2 aromatic carbocycles. The fourth-order valence-electron chi connectivity index (χ4n) is 2.20. The molecule has 0 spiro atoms. The lowest BCUT2D eigenvalue weighted by molar-refractivity contribution is 0.190. The second kappa shape index (κ2) is 5.99. The molecule has 2 aromatic rings. The number of anilines is 1. The molecule has 1 unspecified atom stereocenters. The Morgan fingerprint density at radius 3 is 2.58 bits per heavy atom. The maximum absolute atomic E-state index is 5.77. The zero-order chi connectivity index (χ0) is 13.8. The lowest BCUT2D eigenvalue weighted by atomic mass is 10.0. The maximum Gasteiger partial charge on any atom is 0.104 e. The summed E-state index contributed by atoms with van der Waals surface area (Å²) in [4.78, 5) is 0.424. The number of nitrogens with two attached hydrogens (primary N) is 1. The number of nitrogens with one attached hydrogen (secondary N) is 1. The van der Waals surface area contributed by atoms with Crippen molar-refractivity contribution < 1.29 is 4.74 Å². The molecule has 3 N–H and O–H groups in total. The van der Waals surface area contributed by atoms with Crippen LogP contribution in [0.2, 0.25) is 0 Å². The third-order valence-corrected chi connectivity index (χ3v) is 3.23. The van der Waals surface area contributed by atoms with Gasteiger partial charge >= 0.3 is 0 Å². The van der Waals surface area contributed by atoms with Gasteiger partial charge in [-0.1, -0.05) is 36.5 Å². The van der Waals surface area contributed by atoms with Crippen molar-refractivity contribution in [2.24, 2.45) is 5.73 Å². The molecule has 0 radical (unpaired) electrons. The van der Waals surface area contributed by atoms with Gasteiger partial charge in [0.15, 0.2) is 0 Å². The average Bonchev–Trinajstić information content (AvgIpc) is 2.39. The zero-order valence-electron chi connectivity index (χ0n) is 11.1. The fraction of sp³-hybridized carbons (Fsp3) is 0.267. The standard InChI is InChI=1S/C15H18N2OS/c1-10(9-18-2)17-14-8-7-13(15(16)19)11-5-3-4-6-12(11)14/h3-8,10,17H,9H2,1-2H3,(H2,16,19). The molecule has 0 saturated heterocycles. The summed E-state index contributed by atoms with van der Waals surface area (Å²) in [6.45, 7) is 2.74. The summed E-state index contributed by atoms with van der Waals surface area (Å²) in [5.74, 6) is 0. The second-order valence-electron chi connectivity index (χ2n) is 4.57. The van der Waals surface area contributed by atoms with E-state index in [0.717, 1.165) is 22.0 Å². The molecular formula is C15H18N2OS. The molecule has 0 heterocycles. The molecule has 0 aromatic heterocycles. The number of fused-ring (bicyclic) bond motifs is 1. The average molecular weight is 274 g/mol. The van der Waals surface area contributed by atoms with Crippen LogP contribution in [0.15, 0.2) is 36.4 Å². The van der Waals surface area contributed by atoms with Crippen molar-refractivity contribution in [3.8, 4) is 0 Å². The summed E-state index contributed by atoms with van der Waals surface area (Å²) >= 11 is 5.10. The molecule has 4 heteroatoms. The summed E-state index contributed by atoms with van der Waals surface area (Å²) in [7, 11) is 1.70. The van der Waals surface area contributed by atoms with E-state index in [0.29, 0.717) is 11.6 Å². The first-order valence-electron chi connectivity index (χ1n) is 6.20. The van der Waals surface area contributed by atoms with Crippen LogP contribution < -0.4 is 11.1 Å². The van der Waals surface area contributed by atoms with Gasteiger partial charge in [-0.05, 0) is 24.4 Å². The summed E-state index contributed by atoms with van der Waals surface area (Å²) in [5, 5.41) is 5.64. The summed E-state index contributed by atoms with van der Waals surface area (Å²) in [5.41, 5.74) is 7.75. The summed E-state index contributed by atoms with van der Waals surface area (Å²) in [6, 6.07) is 12.3. The molecule has 2 rings (SSSR count). The molecule has 0 saturated carbocycles. The van der Waals surface area contributed by atoms with Crippen LogP contribution in [0.1, 0.15) is 12.5 Å². The number of hydrogen-bond acceptors (Lipinski definition) is 3. The molecule has 100 valence electrons. The highest BCUT2D eigenvalue weighted by molar-refractivity contribution is 7.80. The van der Waals surface area contributed by atoms with Crippen LogP contribution in [0.5, 0.6) is 0 Å². The second-order valence-corrected chi connectivity index (χ2v) is 5.01. The van der Waals surface area contributed by atoms with Gasteiger partial charge in [0.2, 0.25) is 0 Å².